The molecule has 2 N–H and O–H groups in total. The third kappa shape index (κ3) is 2.08. The van der Waals surface area contributed by atoms with Gasteiger partial charge in [0.2, 0.25) is 11.9 Å². The number of nitrogens with two attached hydrogens (primary N) is 1. The number of carbonyl (C=O) groups is 1. The maximum Gasteiger partial charge on any atom is 0.244 e. The van der Waals surface area contributed by atoms with Crippen molar-refractivity contribution in [3.05, 3.63) is 22.7 Å². The molecule has 0 bridgehead atoms. The van der Waals surface area contributed by atoms with E-state index >= 15 is 0 Å². The summed E-state index contributed by atoms with van der Waals surface area (Å²) in [5.74, 6) is 0.342. The first-order valence-electron chi connectivity index (χ1n) is 5.56. The molecule has 2 rings (SSSR count). The molecule has 6 heteroatoms. The molecule has 0 spiro atoms. The van der Waals surface area contributed by atoms with E-state index in [1.807, 2.05) is 25.1 Å². The van der Waals surface area contributed by atoms with Crippen LogP contribution in [0.15, 0.2) is 22.7 Å². The van der Waals surface area contributed by atoms with Crippen LogP contribution in [0.5, 0.6) is 0 Å². The summed E-state index contributed by atoms with van der Waals surface area (Å²) < 4.78 is 2.69. The molecule has 1 amide bonds. The monoisotopic (exact) mass is 310 g/mol. The summed E-state index contributed by atoms with van der Waals surface area (Å²) in [6, 6.07) is 5.33. The number of benzene rings is 1. The molecule has 18 heavy (non-hydrogen) atoms. The zero-order chi connectivity index (χ0) is 13.4. The first-order valence-corrected chi connectivity index (χ1v) is 6.35. The fraction of sp³-hybridized carbons (Fsp3) is 0.333. The van der Waals surface area contributed by atoms with Crippen molar-refractivity contribution < 1.29 is 4.79 Å². The molecule has 0 saturated heterocycles. The first kappa shape index (κ1) is 12.9. The lowest BCUT2D eigenvalue weighted by Crippen LogP contribution is -2.30. The Bertz CT molecular complexity index is 605. The minimum absolute atomic E-state index is 0.0103. The number of aromatic nitrogens is 2. The Morgan fingerprint density at radius 2 is 2.17 bits per heavy atom. The summed E-state index contributed by atoms with van der Waals surface area (Å²) in [5.41, 5.74) is 7.55. The number of fused-ring (bicyclic) bond motifs is 1. The van der Waals surface area contributed by atoms with Crippen LogP contribution in [0.3, 0.4) is 0 Å². The summed E-state index contributed by atoms with van der Waals surface area (Å²) in [7, 11) is 3.45. The Balaban J connectivity index is 2.57. The maximum absolute atomic E-state index is 12.0. The van der Waals surface area contributed by atoms with Crippen molar-refractivity contribution in [2.75, 3.05) is 19.8 Å². The van der Waals surface area contributed by atoms with Crippen LogP contribution in [0.25, 0.3) is 11.0 Å². The number of hydrogen-bond acceptors (Lipinski definition) is 3. The Morgan fingerprint density at radius 1 is 1.50 bits per heavy atom. The van der Waals surface area contributed by atoms with Crippen LogP contribution in [0, 0.1) is 0 Å². The summed E-state index contributed by atoms with van der Waals surface area (Å²) in [6.45, 7) is 1.82. The number of amides is 1. The molecule has 0 radical (unpaired) electrons. The average Bonchev–Trinajstić information content (AvgIpc) is 2.62. The maximum atomic E-state index is 12.0. The Labute approximate surface area is 114 Å². The van der Waals surface area contributed by atoms with E-state index in [0.717, 1.165) is 15.5 Å². The second-order valence-electron chi connectivity index (χ2n) is 4.38. The Morgan fingerprint density at radius 3 is 2.78 bits per heavy atom. The van der Waals surface area contributed by atoms with Gasteiger partial charge in [-0.05, 0) is 25.1 Å². The van der Waals surface area contributed by atoms with Gasteiger partial charge in [-0.2, -0.15) is 0 Å². The fourth-order valence-corrected chi connectivity index (χ4v) is 2.33. The predicted octanol–water partition coefficient (Wildman–Crippen LogP) is 2.03. The van der Waals surface area contributed by atoms with Gasteiger partial charge in [-0.25, -0.2) is 4.98 Å². The number of imidazole rings is 1. The molecule has 1 aromatic carbocycles. The zero-order valence-corrected chi connectivity index (χ0v) is 12.1. The van der Waals surface area contributed by atoms with Gasteiger partial charge in [-0.1, -0.05) is 15.9 Å². The minimum Gasteiger partial charge on any atom is -0.369 e. The van der Waals surface area contributed by atoms with Gasteiger partial charge in [-0.3, -0.25) is 9.36 Å². The highest BCUT2D eigenvalue weighted by Crippen LogP contribution is 2.26. The molecule has 1 aromatic heterocycles. The molecule has 96 valence electrons. The molecule has 5 nitrogen and oxygen atoms in total. The molecule has 1 unspecified atom stereocenters. The standard InChI is InChI=1S/C12H15BrN4O/c1-7(11(18)16(2)3)17-10-5-4-8(13)6-9(10)15-12(17)14/h4-7H,1-3H3,(H2,14,15). The highest BCUT2D eigenvalue weighted by atomic mass is 79.9. The van der Waals surface area contributed by atoms with Gasteiger partial charge in [0, 0.05) is 18.6 Å². The van der Waals surface area contributed by atoms with Gasteiger partial charge >= 0.3 is 0 Å². The van der Waals surface area contributed by atoms with Crippen molar-refractivity contribution in [2.45, 2.75) is 13.0 Å². The molecule has 2 aromatic rings. The number of anilines is 1. The predicted molar refractivity (Wildman–Crippen MR) is 75.3 cm³/mol. The second kappa shape index (κ2) is 4.61. The lowest BCUT2D eigenvalue weighted by atomic mass is 10.2. The van der Waals surface area contributed by atoms with E-state index in [9.17, 15) is 4.79 Å². The fourth-order valence-electron chi connectivity index (χ4n) is 1.98. The molecule has 0 saturated carbocycles. The van der Waals surface area contributed by atoms with Crippen LogP contribution in [-0.4, -0.2) is 34.5 Å². The zero-order valence-electron chi connectivity index (χ0n) is 10.5. The van der Waals surface area contributed by atoms with Gasteiger partial charge in [0.1, 0.15) is 6.04 Å². The quantitative estimate of drug-likeness (QED) is 0.923. The van der Waals surface area contributed by atoms with Gasteiger partial charge in [0.05, 0.1) is 11.0 Å². The highest BCUT2D eigenvalue weighted by Gasteiger charge is 2.21. The van der Waals surface area contributed by atoms with Crippen LogP contribution in [-0.2, 0) is 4.79 Å². The van der Waals surface area contributed by atoms with Crippen molar-refractivity contribution in [2.24, 2.45) is 0 Å². The average molecular weight is 311 g/mol. The Kier molecular flexibility index (Phi) is 3.30. The number of likely N-dealkylation sites (N-methyl/N-ethyl adjacent to an activating group) is 1. The number of nitrogen functional groups attached to an aromatic ring is 1. The van der Waals surface area contributed by atoms with E-state index in [-0.39, 0.29) is 11.9 Å². The molecule has 0 aliphatic heterocycles. The van der Waals surface area contributed by atoms with Crippen molar-refractivity contribution in [1.82, 2.24) is 14.5 Å². The highest BCUT2D eigenvalue weighted by molar-refractivity contribution is 9.10. The molecule has 0 fully saturated rings. The summed E-state index contributed by atoms with van der Waals surface area (Å²) in [5, 5.41) is 0. The van der Waals surface area contributed by atoms with Gasteiger partial charge < -0.3 is 10.6 Å². The largest absolute Gasteiger partial charge is 0.369 e. The van der Waals surface area contributed by atoms with Crippen LogP contribution in [0.4, 0.5) is 5.95 Å². The minimum atomic E-state index is -0.369. The van der Waals surface area contributed by atoms with Crippen molar-refractivity contribution in [3.8, 4) is 0 Å². The molecular formula is C12H15BrN4O. The molecule has 1 heterocycles. The van der Waals surface area contributed by atoms with E-state index in [0.29, 0.717) is 5.95 Å². The number of carbonyl (C=O) groups excluding carboxylic acids is 1. The van der Waals surface area contributed by atoms with Crippen molar-refractivity contribution >= 4 is 38.8 Å². The van der Waals surface area contributed by atoms with E-state index < -0.39 is 0 Å². The normalized spacial score (nSPS) is 12.7. The van der Waals surface area contributed by atoms with E-state index in [1.54, 1.807) is 23.6 Å². The molecular weight excluding hydrogens is 296 g/mol. The molecule has 0 aliphatic carbocycles. The Hall–Kier alpha value is -1.56. The lowest BCUT2D eigenvalue weighted by Gasteiger charge is -2.19. The van der Waals surface area contributed by atoms with Crippen LogP contribution in [0.2, 0.25) is 0 Å². The van der Waals surface area contributed by atoms with E-state index in [1.165, 1.54) is 0 Å². The number of hydrogen-bond donors (Lipinski definition) is 1. The van der Waals surface area contributed by atoms with Gasteiger partial charge in [0.25, 0.3) is 0 Å². The first-order chi connectivity index (χ1) is 8.41. The molecule has 0 aliphatic rings. The molecule has 1 atom stereocenters. The number of rotatable bonds is 2. The van der Waals surface area contributed by atoms with Crippen LogP contribution in [0.1, 0.15) is 13.0 Å². The third-order valence-electron chi connectivity index (χ3n) is 2.86. The van der Waals surface area contributed by atoms with Crippen molar-refractivity contribution in [1.29, 1.82) is 0 Å². The summed E-state index contributed by atoms with van der Waals surface area (Å²) in [4.78, 5) is 17.8. The van der Waals surface area contributed by atoms with Crippen molar-refractivity contribution in [3.63, 3.8) is 0 Å². The van der Waals surface area contributed by atoms with E-state index in [4.69, 9.17) is 5.73 Å². The summed E-state index contributed by atoms with van der Waals surface area (Å²) >= 11 is 3.39. The third-order valence-corrected chi connectivity index (χ3v) is 3.36. The van der Waals surface area contributed by atoms with Gasteiger partial charge in [-0.15, -0.1) is 0 Å². The van der Waals surface area contributed by atoms with Gasteiger partial charge in [0.15, 0.2) is 0 Å². The number of halogens is 1. The van der Waals surface area contributed by atoms with Crippen LogP contribution >= 0.6 is 15.9 Å². The topological polar surface area (TPSA) is 64.2 Å². The van der Waals surface area contributed by atoms with Crippen LogP contribution < -0.4 is 5.73 Å². The smallest absolute Gasteiger partial charge is 0.244 e. The van der Waals surface area contributed by atoms with E-state index in [2.05, 4.69) is 20.9 Å². The lowest BCUT2D eigenvalue weighted by molar-refractivity contribution is -0.131. The number of nitrogens with zero attached hydrogens (tertiary/aromatic N) is 3. The SMILES string of the molecule is CC(C(=O)N(C)C)n1c(N)nc2cc(Br)ccc21. The second-order valence-corrected chi connectivity index (χ2v) is 5.30. The summed E-state index contributed by atoms with van der Waals surface area (Å²) in [6.07, 6.45) is 0.